The van der Waals surface area contributed by atoms with Crippen LogP contribution in [-0.2, 0) is 6.54 Å². The fraction of sp³-hybridized carbons (Fsp3) is 0.0667. The van der Waals surface area contributed by atoms with Crippen molar-refractivity contribution in [2.75, 3.05) is 0 Å². The average Bonchev–Trinajstić information content (AvgIpc) is 2.75. The van der Waals surface area contributed by atoms with Crippen molar-refractivity contribution < 1.29 is 4.39 Å². The Morgan fingerprint density at radius 2 is 1.95 bits per heavy atom. The van der Waals surface area contributed by atoms with Gasteiger partial charge in [0.25, 0.3) is 0 Å². The van der Waals surface area contributed by atoms with Gasteiger partial charge in [-0.2, -0.15) is 0 Å². The highest BCUT2D eigenvalue weighted by Gasteiger charge is 2.06. The van der Waals surface area contributed by atoms with E-state index in [9.17, 15) is 4.39 Å². The number of rotatable bonds is 2. The van der Waals surface area contributed by atoms with E-state index >= 15 is 0 Å². The summed E-state index contributed by atoms with van der Waals surface area (Å²) in [5.74, 6) is -0.311. The summed E-state index contributed by atoms with van der Waals surface area (Å²) in [4.78, 5) is 0. The van der Waals surface area contributed by atoms with Crippen LogP contribution in [0.3, 0.4) is 0 Å². The van der Waals surface area contributed by atoms with Gasteiger partial charge in [0.1, 0.15) is 5.82 Å². The van der Waals surface area contributed by atoms with Gasteiger partial charge >= 0.3 is 0 Å². The molecular weight excluding hydrogens is 329 g/mol. The molecule has 0 amide bonds. The molecule has 0 radical (unpaired) electrons. The van der Waals surface area contributed by atoms with Gasteiger partial charge in [0.05, 0.1) is 0 Å². The van der Waals surface area contributed by atoms with Crippen LogP contribution in [-0.4, -0.2) is 4.57 Å². The summed E-state index contributed by atoms with van der Waals surface area (Å²) in [6, 6.07) is 12.7. The van der Waals surface area contributed by atoms with Gasteiger partial charge in [-0.15, -0.1) is 0 Å². The van der Waals surface area contributed by atoms with Crippen molar-refractivity contribution in [3.63, 3.8) is 0 Å². The Bertz CT molecular complexity index is 751. The maximum atomic E-state index is 13.0. The summed E-state index contributed by atoms with van der Waals surface area (Å²) in [5, 5.41) is 1.62. The van der Waals surface area contributed by atoms with Crippen LogP contribution < -0.4 is 0 Å². The zero-order chi connectivity index (χ0) is 13.4. The van der Waals surface area contributed by atoms with Crippen molar-refractivity contribution in [3.05, 3.63) is 69.5 Å². The van der Waals surface area contributed by atoms with E-state index in [-0.39, 0.29) is 5.82 Å². The normalized spacial score (nSPS) is 11.1. The lowest BCUT2D eigenvalue weighted by Gasteiger charge is -2.08. The Labute approximate surface area is 123 Å². The van der Waals surface area contributed by atoms with E-state index in [0.29, 0.717) is 11.6 Å². The van der Waals surface area contributed by atoms with Gasteiger partial charge in [-0.25, -0.2) is 4.39 Å². The Hall–Kier alpha value is -1.32. The van der Waals surface area contributed by atoms with E-state index in [2.05, 4.69) is 38.7 Å². The first-order valence-corrected chi connectivity index (χ1v) is 6.99. The Kier molecular flexibility index (Phi) is 3.33. The predicted molar refractivity (Wildman–Crippen MR) is 80.2 cm³/mol. The van der Waals surface area contributed by atoms with Gasteiger partial charge in [-0.05, 0) is 41.3 Å². The van der Waals surface area contributed by atoms with Gasteiger partial charge in [0.2, 0.25) is 0 Å². The first kappa shape index (κ1) is 12.7. The Morgan fingerprint density at radius 1 is 1.11 bits per heavy atom. The van der Waals surface area contributed by atoms with Crippen molar-refractivity contribution in [2.45, 2.75) is 6.54 Å². The number of nitrogens with zero attached hydrogens (tertiary/aromatic N) is 1. The van der Waals surface area contributed by atoms with E-state index in [1.54, 1.807) is 6.07 Å². The van der Waals surface area contributed by atoms with Crippen molar-refractivity contribution in [1.29, 1.82) is 0 Å². The minimum Gasteiger partial charge on any atom is -0.343 e. The first-order valence-electron chi connectivity index (χ1n) is 5.82. The third-order valence-corrected chi connectivity index (χ3v) is 3.94. The van der Waals surface area contributed by atoms with E-state index in [0.717, 1.165) is 15.6 Å². The summed E-state index contributed by atoms with van der Waals surface area (Å²) in [5.41, 5.74) is 2.02. The van der Waals surface area contributed by atoms with Gasteiger partial charge in [-0.1, -0.05) is 39.7 Å². The van der Waals surface area contributed by atoms with E-state index in [1.807, 2.05) is 12.3 Å². The molecule has 1 nitrogen and oxygen atoms in total. The largest absolute Gasteiger partial charge is 0.343 e. The molecule has 0 atom stereocenters. The smallest absolute Gasteiger partial charge is 0.124 e. The van der Waals surface area contributed by atoms with Crippen LogP contribution in [0.2, 0.25) is 5.02 Å². The second-order valence-corrected chi connectivity index (χ2v) is 5.71. The van der Waals surface area contributed by atoms with Gasteiger partial charge < -0.3 is 4.57 Å². The molecule has 0 N–H and O–H groups in total. The summed E-state index contributed by atoms with van der Waals surface area (Å²) in [6.07, 6.45) is 2.01. The van der Waals surface area contributed by atoms with Crippen LogP contribution in [0.5, 0.6) is 0 Å². The van der Waals surface area contributed by atoms with Crippen LogP contribution in [0.4, 0.5) is 4.39 Å². The van der Waals surface area contributed by atoms with E-state index in [4.69, 9.17) is 11.6 Å². The molecule has 19 heavy (non-hydrogen) atoms. The van der Waals surface area contributed by atoms with Crippen LogP contribution in [0.15, 0.2) is 53.1 Å². The first-order chi connectivity index (χ1) is 9.13. The highest BCUT2D eigenvalue weighted by atomic mass is 79.9. The molecule has 2 aromatic carbocycles. The topological polar surface area (TPSA) is 4.93 Å². The molecule has 0 saturated heterocycles. The second-order valence-electron chi connectivity index (χ2n) is 4.38. The summed E-state index contributed by atoms with van der Waals surface area (Å²) >= 11 is 9.54. The van der Waals surface area contributed by atoms with Crippen molar-refractivity contribution in [3.8, 4) is 0 Å². The second kappa shape index (κ2) is 4.99. The van der Waals surface area contributed by atoms with E-state index in [1.165, 1.54) is 17.5 Å². The number of hydrogen-bond donors (Lipinski definition) is 0. The fourth-order valence-corrected chi connectivity index (χ4v) is 2.70. The number of aromatic nitrogens is 1. The number of halogens is 3. The van der Waals surface area contributed by atoms with Gasteiger partial charge in [-0.3, -0.25) is 0 Å². The fourth-order valence-electron chi connectivity index (χ4n) is 2.13. The van der Waals surface area contributed by atoms with Crippen LogP contribution in [0.25, 0.3) is 10.9 Å². The highest BCUT2D eigenvalue weighted by molar-refractivity contribution is 9.10. The molecule has 4 heteroatoms. The van der Waals surface area contributed by atoms with Crippen LogP contribution >= 0.6 is 27.5 Å². The molecule has 0 fully saturated rings. The molecule has 0 bridgehead atoms. The summed E-state index contributed by atoms with van der Waals surface area (Å²) in [6.45, 7) is 0.624. The molecule has 1 heterocycles. The summed E-state index contributed by atoms with van der Waals surface area (Å²) < 4.78 is 16.2. The third-order valence-electron chi connectivity index (χ3n) is 3.09. The van der Waals surface area contributed by atoms with Crippen LogP contribution in [0, 0.1) is 5.82 Å². The van der Waals surface area contributed by atoms with Crippen molar-refractivity contribution in [2.24, 2.45) is 0 Å². The lowest BCUT2D eigenvalue weighted by atomic mass is 10.2. The molecule has 0 aliphatic heterocycles. The lowest BCUT2D eigenvalue weighted by Crippen LogP contribution is -1.98. The molecule has 3 rings (SSSR count). The Morgan fingerprint density at radius 3 is 2.74 bits per heavy atom. The quantitative estimate of drug-likeness (QED) is 0.602. The predicted octanol–water partition coefficient (Wildman–Crippen LogP) is 5.24. The summed E-state index contributed by atoms with van der Waals surface area (Å²) in [7, 11) is 0. The highest BCUT2D eigenvalue weighted by Crippen LogP contribution is 2.24. The SMILES string of the molecule is Fc1ccc(Cn2ccc3ccc(Br)cc32)c(Cl)c1. The van der Waals surface area contributed by atoms with Crippen molar-refractivity contribution in [1.82, 2.24) is 4.57 Å². The Balaban J connectivity index is 2.03. The third kappa shape index (κ3) is 2.53. The van der Waals surface area contributed by atoms with Gasteiger partial charge in [0.15, 0.2) is 0 Å². The lowest BCUT2D eigenvalue weighted by molar-refractivity contribution is 0.626. The molecule has 96 valence electrons. The van der Waals surface area contributed by atoms with Gasteiger partial charge in [0, 0.05) is 27.8 Å². The molecule has 1 aromatic heterocycles. The molecule has 0 aliphatic carbocycles. The van der Waals surface area contributed by atoms with E-state index < -0.39 is 0 Å². The van der Waals surface area contributed by atoms with Crippen molar-refractivity contribution >= 4 is 38.4 Å². The molecule has 3 aromatic rings. The maximum Gasteiger partial charge on any atom is 0.124 e. The molecule has 0 aliphatic rings. The monoisotopic (exact) mass is 337 g/mol. The zero-order valence-electron chi connectivity index (χ0n) is 9.91. The maximum absolute atomic E-state index is 13.0. The molecule has 0 spiro atoms. The standard InChI is InChI=1S/C15H10BrClFN/c16-12-3-1-10-5-6-19(15(10)7-12)9-11-2-4-13(18)8-14(11)17/h1-8H,9H2. The number of benzene rings is 2. The van der Waals surface area contributed by atoms with Crippen LogP contribution in [0.1, 0.15) is 5.56 Å². The number of fused-ring (bicyclic) bond motifs is 1. The average molecular weight is 339 g/mol. The zero-order valence-corrected chi connectivity index (χ0v) is 12.2. The number of hydrogen-bond acceptors (Lipinski definition) is 0. The minimum atomic E-state index is -0.311. The molecular formula is C15H10BrClFN. The minimum absolute atomic E-state index is 0.311. The molecule has 0 saturated carbocycles. The molecule has 0 unspecified atom stereocenters.